The smallest absolute Gasteiger partial charge is 0.255 e. The molecule has 0 aliphatic carbocycles. The highest BCUT2D eigenvalue weighted by molar-refractivity contribution is 7.89. The van der Waals surface area contributed by atoms with Gasteiger partial charge in [0.25, 0.3) is 5.91 Å². The molecule has 2 aromatic rings. The topological polar surface area (TPSA) is 75.3 Å². The van der Waals surface area contributed by atoms with Crippen LogP contribution in [0.4, 0.5) is 5.69 Å². The van der Waals surface area contributed by atoms with Crippen LogP contribution in [-0.2, 0) is 10.0 Å². The molecule has 8 heteroatoms. The fourth-order valence-corrected chi connectivity index (χ4v) is 4.45. The Hall–Kier alpha value is -1.60. The van der Waals surface area contributed by atoms with Crippen molar-refractivity contribution >= 4 is 44.8 Å². The van der Waals surface area contributed by atoms with E-state index in [2.05, 4.69) is 10.0 Å². The highest BCUT2D eigenvalue weighted by Crippen LogP contribution is 2.26. The van der Waals surface area contributed by atoms with E-state index in [9.17, 15) is 13.2 Å². The number of hydrogen-bond donors (Lipinski definition) is 2. The van der Waals surface area contributed by atoms with Crippen molar-refractivity contribution in [2.75, 3.05) is 5.32 Å². The summed E-state index contributed by atoms with van der Waals surface area (Å²) in [5, 5.41) is 3.10. The molecule has 0 bridgehead atoms. The van der Waals surface area contributed by atoms with Gasteiger partial charge in [-0.2, -0.15) is 0 Å². The maximum Gasteiger partial charge on any atom is 0.255 e. The zero-order valence-electron chi connectivity index (χ0n) is 14.9. The quantitative estimate of drug-likeness (QED) is 0.765. The summed E-state index contributed by atoms with van der Waals surface area (Å²) in [5.41, 5.74) is 0.867. The van der Waals surface area contributed by atoms with E-state index < -0.39 is 21.5 Å². The second kappa shape index (κ2) is 7.56. The molecule has 0 unspecified atom stereocenters. The molecule has 0 fully saturated rings. The Labute approximate surface area is 163 Å². The Bertz CT molecular complexity index is 951. The predicted octanol–water partition coefficient (Wildman–Crippen LogP) is 4.63. The maximum absolute atomic E-state index is 12.5. The molecular weight excluding hydrogens is 395 g/mol. The molecule has 1 amide bonds. The van der Waals surface area contributed by atoms with E-state index >= 15 is 0 Å². The second-order valence-electron chi connectivity index (χ2n) is 6.94. The van der Waals surface area contributed by atoms with Crippen molar-refractivity contribution in [3.8, 4) is 0 Å². The molecule has 0 saturated heterocycles. The number of aryl methyl sites for hydroxylation is 1. The molecule has 2 aromatic carbocycles. The van der Waals surface area contributed by atoms with Gasteiger partial charge in [0.2, 0.25) is 10.0 Å². The number of sulfonamides is 1. The lowest BCUT2D eigenvalue weighted by Gasteiger charge is -2.21. The van der Waals surface area contributed by atoms with Crippen LogP contribution < -0.4 is 10.0 Å². The first-order chi connectivity index (χ1) is 11.9. The summed E-state index contributed by atoms with van der Waals surface area (Å²) in [5.74, 6) is -0.486. The lowest BCUT2D eigenvalue weighted by Crippen LogP contribution is -2.40. The van der Waals surface area contributed by atoms with Crippen molar-refractivity contribution in [1.29, 1.82) is 0 Å². The summed E-state index contributed by atoms with van der Waals surface area (Å²) >= 11 is 12.2. The molecule has 0 aromatic heterocycles. The molecular formula is C18H20Cl2N2O3S. The van der Waals surface area contributed by atoms with Crippen molar-refractivity contribution < 1.29 is 13.2 Å². The molecule has 0 atom stereocenters. The highest BCUT2D eigenvalue weighted by Gasteiger charge is 2.25. The van der Waals surface area contributed by atoms with Crippen molar-refractivity contribution in [1.82, 2.24) is 4.72 Å². The normalized spacial score (nSPS) is 12.1. The summed E-state index contributed by atoms with van der Waals surface area (Å²) in [4.78, 5) is 12.3. The summed E-state index contributed by atoms with van der Waals surface area (Å²) in [6.45, 7) is 7.03. The SMILES string of the molecule is Cc1ccc(NC(=O)c2ccc(Cl)c(S(=O)(=O)NC(C)(C)C)c2)c(Cl)c1. The third-order valence-electron chi connectivity index (χ3n) is 3.30. The molecule has 0 aliphatic heterocycles. The number of anilines is 1. The minimum atomic E-state index is -3.88. The van der Waals surface area contributed by atoms with E-state index in [-0.39, 0.29) is 15.5 Å². The Morgan fingerprint density at radius 2 is 1.65 bits per heavy atom. The monoisotopic (exact) mass is 414 g/mol. The van der Waals surface area contributed by atoms with Crippen LogP contribution in [0.25, 0.3) is 0 Å². The van der Waals surface area contributed by atoms with Crippen LogP contribution in [0, 0.1) is 6.92 Å². The number of nitrogens with one attached hydrogen (secondary N) is 2. The number of rotatable bonds is 4. The highest BCUT2D eigenvalue weighted by atomic mass is 35.5. The number of hydrogen-bond acceptors (Lipinski definition) is 3. The first-order valence-corrected chi connectivity index (χ1v) is 10.0. The third kappa shape index (κ3) is 5.20. The Morgan fingerprint density at radius 1 is 1.00 bits per heavy atom. The summed E-state index contributed by atoms with van der Waals surface area (Å²) < 4.78 is 27.6. The zero-order chi connectivity index (χ0) is 19.7. The summed E-state index contributed by atoms with van der Waals surface area (Å²) in [6, 6.07) is 9.30. The number of halogens is 2. The standard InChI is InChI=1S/C18H20Cl2N2O3S/c1-11-5-8-15(14(20)9-11)21-17(23)12-6-7-13(19)16(10-12)26(24,25)22-18(2,3)4/h5-10,22H,1-4H3,(H,21,23). The van der Waals surface area contributed by atoms with Crippen LogP contribution in [0.15, 0.2) is 41.3 Å². The third-order valence-corrected chi connectivity index (χ3v) is 5.85. The number of carbonyl (C=O) groups is 1. The first-order valence-electron chi connectivity index (χ1n) is 7.80. The van der Waals surface area contributed by atoms with E-state index in [0.717, 1.165) is 5.56 Å². The van der Waals surface area contributed by atoms with Gasteiger partial charge in [-0.05, 0) is 63.6 Å². The average molecular weight is 415 g/mol. The van der Waals surface area contributed by atoms with Crippen LogP contribution >= 0.6 is 23.2 Å². The van der Waals surface area contributed by atoms with E-state index in [4.69, 9.17) is 23.2 Å². The first kappa shape index (κ1) is 20.7. The van der Waals surface area contributed by atoms with Gasteiger partial charge in [-0.15, -0.1) is 0 Å². The number of carbonyl (C=O) groups excluding carboxylic acids is 1. The van der Waals surface area contributed by atoms with Gasteiger partial charge >= 0.3 is 0 Å². The van der Waals surface area contributed by atoms with Crippen LogP contribution in [0.5, 0.6) is 0 Å². The van der Waals surface area contributed by atoms with Gasteiger partial charge in [-0.1, -0.05) is 29.3 Å². The second-order valence-corrected chi connectivity index (χ2v) is 9.40. The fraction of sp³-hybridized carbons (Fsp3) is 0.278. The van der Waals surface area contributed by atoms with Gasteiger partial charge in [0.05, 0.1) is 15.7 Å². The van der Waals surface area contributed by atoms with Gasteiger partial charge in [-0.3, -0.25) is 4.79 Å². The molecule has 0 aliphatic rings. The molecule has 0 spiro atoms. The van der Waals surface area contributed by atoms with Crippen LogP contribution in [0.2, 0.25) is 10.0 Å². The molecule has 5 nitrogen and oxygen atoms in total. The van der Waals surface area contributed by atoms with Gasteiger partial charge in [0.15, 0.2) is 0 Å². The lowest BCUT2D eigenvalue weighted by molar-refractivity contribution is 0.102. The van der Waals surface area contributed by atoms with Crippen molar-refractivity contribution in [2.45, 2.75) is 38.1 Å². The van der Waals surface area contributed by atoms with E-state index in [1.54, 1.807) is 32.9 Å². The van der Waals surface area contributed by atoms with Crippen molar-refractivity contribution in [3.63, 3.8) is 0 Å². The maximum atomic E-state index is 12.5. The van der Waals surface area contributed by atoms with Gasteiger partial charge in [0, 0.05) is 11.1 Å². The fourth-order valence-electron chi connectivity index (χ4n) is 2.22. The number of amides is 1. The Kier molecular flexibility index (Phi) is 6.02. The minimum Gasteiger partial charge on any atom is -0.321 e. The molecule has 0 saturated carbocycles. The van der Waals surface area contributed by atoms with Crippen LogP contribution in [0.3, 0.4) is 0 Å². The minimum absolute atomic E-state index is 0.0340. The van der Waals surface area contributed by atoms with Gasteiger partial charge in [-0.25, -0.2) is 13.1 Å². The van der Waals surface area contributed by atoms with E-state index in [1.807, 2.05) is 13.0 Å². The molecule has 0 heterocycles. The van der Waals surface area contributed by atoms with Crippen LogP contribution in [0.1, 0.15) is 36.7 Å². The molecule has 140 valence electrons. The summed E-state index contributed by atoms with van der Waals surface area (Å²) in [6.07, 6.45) is 0. The van der Waals surface area contributed by atoms with Crippen molar-refractivity contribution in [2.24, 2.45) is 0 Å². The summed E-state index contributed by atoms with van der Waals surface area (Å²) in [7, 11) is -3.88. The molecule has 2 N–H and O–H groups in total. The van der Waals surface area contributed by atoms with Gasteiger partial charge < -0.3 is 5.32 Å². The van der Waals surface area contributed by atoms with Gasteiger partial charge in [0.1, 0.15) is 4.90 Å². The molecule has 2 rings (SSSR count). The van der Waals surface area contributed by atoms with Crippen molar-refractivity contribution in [3.05, 3.63) is 57.6 Å². The Balaban J connectivity index is 2.35. The number of benzene rings is 2. The average Bonchev–Trinajstić information content (AvgIpc) is 2.47. The largest absolute Gasteiger partial charge is 0.321 e. The zero-order valence-corrected chi connectivity index (χ0v) is 17.2. The molecule has 0 radical (unpaired) electrons. The lowest BCUT2D eigenvalue weighted by atomic mass is 10.1. The predicted molar refractivity (Wildman–Crippen MR) is 106 cm³/mol. The Morgan fingerprint density at radius 3 is 2.23 bits per heavy atom. The molecule has 26 heavy (non-hydrogen) atoms. The van der Waals surface area contributed by atoms with E-state index in [1.165, 1.54) is 18.2 Å². The van der Waals surface area contributed by atoms with Crippen LogP contribution in [-0.4, -0.2) is 19.9 Å². The van der Waals surface area contributed by atoms with E-state index in [0.29, 0.717) is 10.7 Å².